The largest absolute Gasteiger partial charge is 0.321 e. The molecule has 0 aliphatic heterocycles. The maximum Gasteiger partial charge on any atom is 0.256 e. The van der Waals surface area contributed by atoms with Gasteiger partial charge in [0.25, 0.3) is 5.91 Å². The van der Waals surface area contributed by atoms with Crippen LogP contribution in [0.4, 0.5) is 5.69 Å². The van der Waals surface area contributed by atoms with E-state index in [1.807, 2.05) is 11.4 Å². The lowest BCUT2D eigenvalue weighted by Crippen LogP contribution is -2.10. The summed E-state index contributed by atoms with van der Waals surface area (Å²) in [6, 6.07) is 5.18. The third-order valence-electron chi connectivity index (χ3n) is 1.81. The summed E-state index contributed by atoms with van der Waals surface area (Å²) in [6.45, 7) is 0. The highest BCUT2D eigenvalue weighted by molar-refractivity contribution is 14.1. The summed E-state index contributed by atoms with van der Waals surface area (Å²) in [5, 5.41) is 4.97. The van der Waals surface area contributed by atoms with Crippen LogP contribution in [0.25, 0.3) is 0 Å². The van der Waals surface area contributed by atoms with Crippen LogP contribution >= 0.6 is 45.5 Å². The van der Waals surface area contributed by atoms with Crippen molar-refractivity contribution in [1.29, 1.82) is 0 Å². The monoisotopic (exact) mass is 364 g/mol. The summed E-state index contributed by atoms with van der Waals surface area (Å²) in [7, 11) is 0. The first-order valence-electron chi connectivity index (χ1n) is 4.32. The number of thiophene rings is 1. The third-order valence-corrected chi connectivity index (χ3v) is 3.83. The van der Waals surface area contributed by atoms with Crippen LogP contribution in [0.5, 0.6) is 0 Å². The Kier molecular flexibility index (Phi) is 3.78. The van der Waals surface area contributed by atoms with Gasteiger partial charge in [-0.05, 0) is 40.8 Å². The van der Waals surface area contributed by atoms with Crippen LogP contribution in [-0.4, -0.2) is 10.9 Å². The molecule has 1 amide bonds. The Balaban J connectivity index is 2.10. The summed E-state index contributed by atoms with van der Waals surface area (Å²) in [4.78, 5) is 15.6. The number of amides is 1. The van der Waals surface area contributed by atoms with Gasteiger partial charge in [0.05, 0.1) is 20.3 Å². The number of nitrogens with one attached hydrogen (secondary N) is 1. The third kappa shape index (κ3) is 2.93. The number of carbonyl (C=O) groups is 1. The fraction of sp³-hybridized carbons (Fsp3) is 0. The van der Waals surface area contributed by atoms with Crippen molar-refractivity contribution in [2.45, 2.75) is 0 Å². The normalized spacial score (nSPS) is 10.1. The van der Waals surface area contributed by atoms with E-state index >= 15 is 0 Å². The zero-order valence-electron chi connectivity index (χ0n) is 7.91. The van der Waals surface area contributed by atoms with Crippen molar-refractivity contribution in [1.82, 2.24) is 4.98 Å². The molecule has 0 spiro atoms. The summed E-state index contributed by atoms with van der Waals surface area (Å²) in [6.07, 6.45) is 1.53. The van der Waals surface area contributed by atoms with E-state index in [2.05, 4.69) is 32.9 Å². The highest BCUT2D eigenvalue weighted by Gasteiger charge is 2.08. The average molecular weight is 365 g/mol. The lowest BCUT2D eigenvalue weighted by Gasteiger charge is -2.02. The Bertz CT molecular complexity index is 512. The minimum atomic E-state index is -0.136. The van der Waals surface area contributed by atoms with Crippen molar-refractivity contribution in [2.75, 3.05) is 5.32 Å². The van der Waals surface area contributed by atoms with Crippen LogP contribution in [0.3, 0.4) is 0 Å². The number of aromatic nitrogens is 1. The van der Waals surface area contributed by atoms with Crippen molar-refractivity contribution in [3.63, 3.8) is 0 Å². The van der Waals surface area contributed by atoms with Gasteiger partial charge in [0.1, 0.15) is 5.15 Å². The van der Waals surface area contributed by atoms with E-state index in [-0.39, 0.29) is 5.91 Å². The molecule has 0 saturated carbocycles. The lowest BCUT2D eigenvalue weighted by molar-refractivity contribution is 0.102. The summed E-state index contributed by atoms with van der Waals surface area (Å²) >= 11 is 9.36. The molecule has 3 nitrogen and oxygen atoms in total. The SMILES string of the molecule is O=C(Nc1ccc(Cl)nc1)c1csc(I)c1. The molecule has 1 N–H and O–H groups in total. The first-order chi connectivity index (χ1) is 7.65. The number of anilines is 1. The summed E-state index contributed by atoms with van der Waals surface area (Å²) in [5.41, 5.74) is 1.29. The number of rotatable bonds is 2. The Hall–Kier alpha value is -0.660. The minimum Gasteiger partial charge on any atom is -0.321 e. The zero-order chi connectivity index (χ0) is 11.5. The molecule has 2 rings (SSSR count). The molecule has 6 heteroatoms. The Morgan fingerprint density at radius 2 is 2.31 bits per heavy atom. The first-order valence-corrected chi connectivity index (χ1v) is 6.66. The minimum absolute atomic E-state index is 0.136. The van der Waals surface area contributed by atoms with Crippen LogP contribution in [0, 0.1) is 2.88 Å². The average Bonchev–Trinajstić information content (AvgIpc) is 2.68. The van der Waals surface area contributed by atoms with Crippen molar-refractivity contribution in [3.05, 3.63) is 43.4 Å². The zero-order valence-corrected chi connectivity index (χ0v) is 11.6. The molecule has 16 heavy (non-hydrogen) atoms. The van der Waals surface area contributed by atoms with E-state index in [4.69, 9.17) is 11.6 Å². The molecule has 2 heterocycles. The smallest absolute Gasteiger partial charge is 0.256 e. The van der Waals surface area contributed by atoms with Crippen molar-refractivity contribution in [2.24, 2.45) is 0 Å². The number of hydrogen-bond acceptors (Lipinski definition) is 3. The van der Waals surface area contributed by atoms with Gasteiger partial charge in [-0.25, -0.2) is 4.98 Å². The van der Waals surface area contributed by atoms with Gasteiger partial charge in [0.2, 0.25) is 0 Å². The van der Waals surface area contributed by atoms with Crippen LogP contribution in [0.1, 0.15) is 10.4 Å². The Morgan fingerprint density at radius 3 is 2.88 bits per heavy atom. The van der Waals surface area contributed by atoms with Crippen LogP contribution in [0.2, 0.25) is 5.15 Å². The molecule has 0 fully saturated rings. The predicted octanol–water partition coefficient (Wildman–Crippen LogP) is 3.65. The second-order valence-electron chi connectivity index (χ2n) is 2.96. The maximum atomic E-state index is 11.7. The summed E-state index contributed by atoms with van der Waals surface area (Å²) in [5.74, 6) is -0.136. The molecule has 0 saturated heterocycles. The number of carbonyl (C=O) groups excluding carboxylic acids is 1. The number of pyridine rings is 1. The predicted molar refractivity (Wildman–Crippen MR) is 74.2 cm³/mol. The molecule has 2 aromatic heterocycles. The van der Waals surface area contributed by atoms with E-state index in [1.54, 1.807) is 12.1 Å². The fourth-order valence-electron chi connectivity index (χ4n) is 1.08. The standard InChI is InChI=1S/C10H6ClIN2OS/c11-8-2-1-7(4-13-8)14-10(15)6-3-9(12)16-5-6/h1-5H,(H,14,15). The lowest BCUT2D eigenvalue weighted by atomic mass is 10.3. The Morgan fingerprint density at radius 1 is 1.50 bits per heavy atom. The van der Waals surface area contributed by atoms with Crippen molar-refractivity contribution < 1.29 is 4.79 Å². The molecule has 0 aliphatic rings. The number of nitrogens with zero attached hydrogens (tertiary/aromatic N) is 1. The highest BCUT2D eigenvalue weighted by Crippen LogP contribution is 2.18. The topological polar surface area (TPSA) is 42.0 Å². The first kappa shape index (κ1) is 11.8. The second kappa shape index (κ2) is 5.11. The van der Waals surface area contributed by atoms with Gasteiger partial charge in [-0.1, -0.05) is 11.6 Å². The van der Waals surface area contributed by atoms with Gasteiger partial charge >= 0.3 is 0 Å². The van der Waals surface area contributed by atoms with E-state index in [1.165, 1.54) is 17.5 Å². The van der Waals surface area contributed by atoms with E-state index in [9.17, 15) is 4.79 Å². The second-order valence-corrected chi connectivity index (χ2v) is 6.16. The molecule has 82 valence electrons. The van der Waals surface area contributed by atoms with E-state index in [0.29, 0.717) is 16.4 Å². The van der Waals surface area contributed by atoms with Crippen LogP contribution in [0.15, 0.2) is 29.8 Å². The van der Waals surface area contributed by atoms with Crippen molar-refractivity contribution in [3.8, 4) is 0 Å². The molecular formula is C10H6ClIN2OS. The molecule has 0 atom stereocenters. The number of halogens is 2. The Labute approximate surface area is 115 Å². The summed E-state index contributed by atoms with van der Waals surface area (Å²) < 4.78 is 1.08. The van der Waals surface area contributed by atoms with Gasteiger partial charge < -0.3 is 5.32 Å². The molecule has 0 unspecified atom stereocenters. The van der Waals surface area contributed by atoms with Gasteiger partial charge in [-0.3, -0.25) is 4.79 Å². The van der Waals surface area contributed by atoms with Gasteiger partial charge in [0.15, 0.2) is 0 Å². The van der Waals surface area contributed by atoms with Gasteiger partial charge in [-0.15, -0.1) is 11.3 Å². The van der Waals surface area contributed by atoms with E-state index < -0.39 is 0 Å². The fourth-order valence-corrected chi connectivity index (χ4v) is 2.52. The molecule has 0 radical (unpaired) electrons. The van der Waals surface area contributed by atoms with Crippen LogP contribution < -0.4 is 5.32 Å². The highest BCUT2D eigenvalue weighted by atomic mass is 127. The maximum absolute atomic E-state index is 11.7. The number of hydrogen-bond donors (Lipinski definition) is 1. The van der Waals surface area contributed by atoms with Gasteiger partial charge in [0, 0.05) is 5.38 Å². The molecule has 0 bridgehead atoms. The van der Waals surface area contributed by atoms with Gasteiger partial charge in [-0.2, -0.15) is 0 Å². The van der Waals surface area contributed by atoms with Crippen molar-refractivity contribution >= 4 is 57.1 Å². The molecule has 2 aromatic rings. The molecule has 0 aliphatic carbocycles. The quantitative estimate of drug-likeness (QED) is 0.653. The van der Waals surface area contributed by atoms with E-state index in [0.717, 1.165) is 2.88 Å². The molecular weight excluding hydrogens is 359 g/mol. The van der Waals surface area contributed by atoms with Crippen LogP contribution in [-0.2, 0) is 0 Å². The molecule has 0 aromatic carbocycles.